The predicted octanol–water partition coefficient (Wildman–Crippen LogP) is 3.67. The minimum atomic E-state index is -0.996. The van der Waals surface area contributed by atoms with Crippen molar-refractivity contribution in [3.8, 4) is 0 Å². The van der Waals surface area contributed by atoms with Crippen LogP contribution in [0.25, 0.3) is 0 Å². The van der Waals surface area contributed by atoms with Crippen molar-refractivity contribution in [2.24, 2.45) is 11.3 Å². The second-order valence-electron chi connectivity index (χ2n) is 6.49. The van der Waals surface area contributed by atoms with E-state index in [9.17, 15) is 4.79 Å². The number of nitrogens with one attached hydrogen (secondary N) is 1. The van der Waals surface area contributed by atoms with Crippen molar-refractivity contribution in [3.05, 3.63) is 23.7 Å². The summed E-state index contributed by atoms with van der Waals surface area (Å²) in [5.41, 5.74) is 1.14. The lowest BCUT2D eigenvalue weighted by molar-refractivity contribution is 0.0660. The Bertz CT molecular complexity index is 444. The van der Waals surface area contributed by atoms with E-state index in [0.29, 0.717) is 17.9 Å². The summed E-state index contributed by atoms with van der Waals surface area (Å²) >= 11 is 0. The molecule has 1 aliphatic carbocycles. The number of carboxylic acid groups (broad SMARTS) is 1. The molecule has 1 heterocycles. The number of furan rings is 1. The predicted molar refractivity (Wildman–Crippen MR) is 77.7 cm³/mol. The maximum Gasteiger partial charge on any atom is 0.372 e. The van der Waals surface area contributed by atoms with Gasteiger partial charge < -0.3 is 14.8 Å². The molecule has 1 aliphatic rings. The molecule has 0 aliphatic heterocycles. The van der Waals surface area contributed by atoms with Crippen LogP contribution in [0.15, 0.2) is 16.7 Å². The van der Waals surface area contributed by atoms with Crippen molar-refractivity contribution in [2.75, 3.05) is 6.54 Å². The summed E-state index contributed by atoms with van der Waals surface area (Å²) in [5.74, 6) is -0.232. The lowest BCUT2D eigenvalue weighted by Crippen LogP contribution is -2.33. The van der Waals surface area contributed by atoms with Crippen LogP contribution in [0.4, 0.5) is 0 Å². The molecule has 0 atom stereocenters. The van der Waals surface area contributed by atoms with Crippen LogP contribution in [-0.4, -0.2) is 17.6 Å². The van der Waals surface area contributed by atoms with Gasteiger partial charge in [0.25, 0.3) is 0 Å². The maximum atomic E-state index is 11.0. The summed E-state index contributed by atoms with van der Waals surface area (Å²) < 4.78 is 5.00. The Morgan fingerprint density at radius 3 is 2.75 bits per heavy atom. The molecule has 0 saturated heterocycles. The Balaban J connectivity index is 1.90. The van der Waals surface area contributed by atoms with E-state index >= 15 is 0 Å². The normalized spacial score (nSPS) is 17.8. The minimum Gasteiger partial charge on any atom is -0.475 e. The molecule has 2 rings (SSSR count). The first-order chi connectivity index (χ1) is 9.52. The highest BCUT2D eigenvalue weighted by Gasteiger charge is 2.33. The van der Waals surface area contributed by atoms with Gasteiger partial charge in [0.15, 0.2) is 0 Å². The van der Waals surface area contributed by atoms with Crippen molar-refractivity contribution >= 4 is 5.97 Å². The van der Waals surface area contributed by atoms with E-state index < -0.39 is 5.97 Å². The van der Waals surface area contributed by atoms with Crippen molar-refractivity contribution in [1.29, 1.82) is 0 Å². The third-order valence-corrected chi connectivity index (χ3v) is 4.26. The molecule has 112 valence electrons. The molecule has 0 spiro atoms. The molecule has 2 N–H and O–H groups in total. The van der Waals surface area contributed by atoms with Gasteiger partial charge in [-0.25, -0.2) is 4.79 Å². The summed E-state index contributed by atoms with van der Waals surface area (Å²) in [4.78, 5) is 11.0. The Morgan fingerprint density at radius 2 is 2.15 bits per heavy atom. The lowest BCUT2D eigenvalue weighted by atomic mass is 9.78. The van der Waals surface area contributed by atoms with Gasteiger partial charge in [0.05, 0.1) is 6.26 Å². The fourth-order valence-corrected chi connectivity index (χ4v) is 3.57. The van der Waals surface area contributed by atoms with Crippen molar-refractivity contribution in [3.63, 3.8) is 0 Å². The number of carboxylic acids is 1. The summed E-state index contributed by atoms with van der Waals surface area (Å²) in [7, 11) is 0. The first-order valence-corrected chi connectivity index (χ1v) is 7.53. The van der Waals surface area contributed by atoms with Gasteiger partial charge >= 0.3 is 5.97 Å². The van der Waals surface area contributed by atoms with Gasteiger partial charge in [0.2, 0.25) is 5.76 Å². The third kappa shape index (κ3) is 3.63. The lowest BCUT2D eigenvalue weighted by Gasteiger charge is -2.31. The van der Waals surface area contributed by atoms with Crippen molar-refractivity contribution < 1.29 is 14.3 Å². The molecule has 0 amide bonds. The minimum absolute atomic E-state index is 0.0573. The zero-order chi connectivity index (χ0) is 14.6. The first-order valence-electron chi connectivity index (χ1n) is 7.53. The Labute approximate surface area is 120 Å². The smallest absolute Gasteiger partial charge is 0.372 e. The van der Waals surface area contributed by atoms with Crippen LogP contribution in [-0.2, 0) is 6.54 Å². The number of hydrogen-bond donors (Lipinski definition) is 2. The van der Waals surface area contributed by atoms with Crippen LogP contribution in [0.3, 0.4) is 0 Å². The molecule has 1 aromatic rings. The largest absolute Gasteiger partial charge is 0.475 e. The summed E-state index contributed by atoms with van der Waals surface area (Å²) in [6, 6.07) is 1.74. The van der Waals surface area contributed by atoms with Gasteiger partial charge in [-0.3, -0.25) is 0 Å². The molecule has 20 heavy (non-hydrogen) atoms. The van der Waals surface area contributed by atoms with Gasteiger partial charge in [0.1, 0.15) is 0 Å². The highest BCUT2D eigenvalue weighted by molar-refractivity contribution is 5.86. The molecule has 0 radical (unpaired) electrons. The van der Waals surface area contributed by atoms with E-state index in [-0.39, 0.29) is 5.76 Å². The van der Waals surface area contributed by atoms with Crippen LogP contribution in [0.2, 0.25) is 0 Å². The molecule has 1 fully saturated rings. The van der Waals surface area contributed by atoms with Crippen LogP contribution in [0, 0.1) is 11.3 Å². The van der Waals surface area contributed by atoms with Crippen LogP contribution in [0.1, 0.15) is 62.1 Å². The molecular formula is C16H25NO3. The van der Waals surface area contributed by atoms with E-state index in [4.69, 9.17) is 9.52 Å². The molecule has 1 saturated carbocycles. The summed E-state index contributed by atoms with van der Waals surface area (Å²) in [6.07, 6.45) is 7.91. The van der Waals surface area contributed by atoms with Crippen LogP contribution >= 0.6 is 0 Å². The molecule has 1 aromatic heterocycles. The Hall–Kier alpha value is -1.29. The van der Waals surface area contributed by atoms with Gasteiger partial charge in [0, 0.05) is 18.7 Å². The molecule has 4 nitrogen and oxygen atoms in total. The van der Waals surface area contributed by atoms with E-state index in [1.165, 1.54) is 38.4 Å². The quantitative estimate of drug-likeness (QED) is 0.799. The highest BCUT2D eigenvalue weighted by Crippen LogP contribution is 2.42. The van der Waals surface area contributed by atoms with Crippen LogP contribution in [0.5, 0.6) is 0 Å². The van der Waals surface area contributed by atoms with Gasteiger partial charge in [-0.05, 0) is 36.7 Å². The molecule has 4 heteroatoms. The average molecular weight is 279 g/mol. The monoisotopic (exact) mass is 279 g/mol. The topological polar surface area (TPSA) is 62.5 Å². The SMILES string of the molecule is CC(C)CC1(CNCc2ccoc2C(=O)O)CCCC1. The number of aromatic carboxylic acids is 1. The second kappa shape index (κ2) is 6.44. The summed E-state index contributed by atoms with van der Waals surface area (Å²) in [5, 5.41) is 12.5. The number of rotatable bonds is 7. The van der Waals surface area contributed by atoms with Gasteiger partial charge in [-0.15, -0.1) is 0 Å². The van der Waals surface area contributed by atoms with E-state index in [2.05, 4.69) is 19.2 Å². The maximum absolute atomic E-state index is 11.0. The first kappa shape index (κ1) is 15.1. The zero-order valence-electron chi connectivity index (χ0n) is 12.4. The molecule has 0 aromatic carbocycles. The van der Waals surface area contributed by atoms with Crippen molar-refractivity contribution in [2.45, 2.75) is 52.5 Å². The standard InChI is InChI=1S/C16H25NO3/c1-12(2)9-16(6-3-4-7-16)11-17-10-13-5-8-20-14(13)15(18)19/h5,8,12,17H,3-4,6-7,9-11H2,1-2H3,(H,18,19). The van der Waals surface area contributed by atoms with Gasteiger partial charge in [-0.1, -0.05) is 26.7 Å². The third-order valence-electron chi connectivity index (χ3n) is 4.26. The molecule has 0 unspecified atom stereocenters. The zero-order valence-corrected chi connectivity index (χ0v) is 12.4. The van der Waals surface area contributed by atoms with E-state index in [0.717, 1.165) is 12.1 Å². The van der Waals surface area contributed by atoms with Gasteiger partial charge in [-0.2, -0.15) is 0 Å². The van der Waals surface area contributed by atoms with E-state index in [1.54, 1.807) is 6.07 Å². The Kier molecular flexibility index (Phi) is 4.86. The summed E-state index contributed by atoms with van der Waals surface area (Å²) in [6.45, 7) is 6.09. The molecule has 0 bridgehead atoms. The second-order valence-corrected chi connectivity index (χ2v) is 6.49. The fourth-order valence-electron chi connectivity index (χ4n) is 3.57. The molecular weight excluding hydrogens is 254 g/mol. The van der Waals surface area contributed by atoms with Crippen molar-refractivity contribution in [1.82, 2.24) is 5.32 Å². The average Bonchev–Trinajstić information content (AvgIpc) is 2.98. The highest BCUT2D eigenvalue weighted by atomic mass is 16.4. The Morgan fingerprint density at radius 1 is 1.45 bits per heavy atom. The number of carbonyl (C=O) groups is 1. The van der Waals surface area contributed by atoms with E-state index in [1.807, 2.05) is 0 Å². The fraction of sp³-hybridized carbons (Fsp3) is 0.688. The van der Waals surface area contributed by atoms with Crippen LogP contribution < -0.4 is 5.32 Å². The number of hydrogen-bond acceptors (Lipinski definition) is 3.